The number of likely N-dealkylation sites (N-methyl/N-ethyl adjacent to an activating group) is 1. The fraction of sp³-hybridized carbons (Fsp3) is 0.733. The Morgan fingerprint density at radius 2 is 1.65 bits per heavy atom. The van der Waals surface area contributed by atoms with E-state index in [1.54, 1.807) is 4.90 Å². The summed E-state index contributed by atoms with van der Waals surface area (Å²) in [5.74, 6) is -0.209. The Balaban J connectivity index is 4.43. The van der Waals surface area contributed by atoms with E-state index in [1.807, 2.05) is 20.9 Å². The highest BCUT2D eigenvalue weighted by molar-refractivity contribution is 5.98. The molecule has 0 saturated carbocycles. The lowest BCUT2D eigenvalue weighted by molar-refractivity contribution is -0.126. The minimum Gasteiger partial charge on any atom is -0.337 e. The molecule has 0 aromatic heterocycles. The molecule has 2 N–H and O–H groups in total. The molecule has 0 aromatic carbocycles. The first-order valence-electron chi connectivity index (χ1n) is 7.27. The van der Waals surface area contributed by atoms with Crippen LogP contribution in [0, 0.1) is 5.92 Å². The maximum Gasteiger partial charge on any atom is 0.246 e. The molecular weight excluding hydrogens is 254 g/mol. The number of hydrogen-bond acceptors (Lipinski definition) is 4. The van der Waals surface area contributed by atoms with Gasteiger partial charge in [0.1, 0.15) is 0 Å². The van der Waals surface area contributed by atoms with Crippen LogP contribution in [0.2, 0.25) is 0 Å². The number of allylic oxidation sites excluding steroid dienone is 1. The Hall–Kier alpha value is -1.20. The Morgan fingerprint density at radius 3 is 2.15 bits per heavy atom. The highest BCUT2D eigenvalue weighted by Gasteiger charge is 2.11. The van der Waals surface area contributed by atoms with E-state index < -0.39 is 0 Å². The number of carbonyl (C=O) groups is 2. The van der Waals surface area contributed by atoms with Gasteiger partial charge in [-0.05, 0) is 13.1 Å². The number of carbonyl (C=O) groups excluding carboxylic acids is 2. The van der Waals surface area contributed by atoms with Crippen molar-refractivity contribution >= 4 is 11.7 Å². The van der Waals surface area contributed by atoms with Gasteiger partial charge >= 0.3 is 0 Å². The van der Waals surface area contributed by atoms with E-state index in [2.05, 4.69) is 24.5 Å². The van der Waals surface area contributed by atoms with Gasteiger partial charge in [-0.25, -0.2) is 0 Å². The number of hydrogen-bond donors (Lipinski definition) is 2. The third kappa shape index (κ3) is 8.82. The molecular formula is C15H29N3O2. The summed E-state index contributed by atoms with van der Waals surface area (Å²) in [6.45, 7) is 10.5. The third-order valence-corrected chi connectivity index (χ3v) is 2.84. The van der Waals surface area contributed by atoms with Gasteiger partial charge < -0.3 is 15.5 Å². The average Bonchev–Trinajstić information content (AvgIpc) is 2.38. The minimum absolute atomic E-state index is 0.0211. The molecule has 5 nitrogen and oxygen atoms in total. The number of ketones is 1. The zero-order valence-electron chi connectivity index (χ0n) is 13.4. The fourth-order valence-corrected chi connectivity index (χ4v) is 1.52. The Morgan fingerprint density at radius 1 is 1.05 bits per heavy atom. The van der Waals surface area contributed by atoms with Crippen LogP contribution in [0.15, 0.2) is 12.2 Å². The smallest absolute Gasteiger partial charge is 0.246 e. The fourth-order valence-electron chi connectivity index (χ4n) is 1.52. The first-order chi connectivity index (χ1) is 9.38. The monoisotopic (exact) mass is 283 g/mol. The van der Waals surface area contributed by atoms with E-state index in [4.69, 9.17) is 0 Å². The SMILES string of the molecule is CNCCN(CCNC(C)C)C(=O)/C=C\C(=O)C(C)C. The van der Waals surface area contributed by atoms with E-state index in [0.29, 0.717) is 19.1 Å². The van der Waals surface area contributed by atoms with Gasteiger partial charge in [-0.3, -0.25) is 9.59 Å². The maximum atomic E-state index is 12.1. The summed E-state index contributed by atoms with van der Waals surface area (Å²) < 4.78 is 0. The zero-order chi connectivity index (χ0) is 15.5. The van der Waals surface area contributed by atoms with Crippen molar-refractivity contribution in [3.05, 3.63) is 12.2 Å². The van der Waals surface area contributed by atoms with Gasteiger partial charge in [-0.2, -0.15) is 0 Å². The van der Waals surface area contributed by atoms with Gasteiger partial charge in [-0.15, -0.1) is 0 Å². The van der Waals surface area contributed by atoms with Gasteiger partial charge in [-0.1, -0.05) is 27.7 Å². The second kappa shape index (κ2) is 10.6. The van der Waals surface area contributed by atoms with E-state index in [0.717, 1.165) is 13.1 Å². The number of nitrogens with zero attached hydrogens (tertiary/aromatic N) is 1. The molecule has 0 aliphatic rings. The summed E-state index contributed by atoms with van der Waals surface area (Å²) in [5, 5.41) is 6.32. The molecule has 0 bridgehead atoms. The predicted molar refractivity (Wildman–Crippen MR) is 82.6 cm³/mol. The molecule has 0 fully saturated rings. The molecule has 0 aromatic rings. The Labute approximate surface area is 122 Å². The largest absolute Gasteiger partial charge is 0.337 e. The summed E-state index contributed by atoms with van der Waals surface area (Å²) >= 11 is 0. The lowest BCUT2D eigenvalue weighted by atomic mass is 10.1. The van der Waals surface area contributed by atoms with Gasteiger partial charge in [0.2, 0.25) is 5.91 Å². The topological polar surface area (TPSA) is 61.4 Å². The molecule has 0 saturated heterocycles. The van der Waals surface area contributed by atoms with Crippen molar-refractivity contribution in [3.8, 4) is 0 Å². The van der Waals surface area contributed by atoms with Crippen LogP contribution >= 0.6 is 0 Å². The van der Waals surface area contributed by atoms with E-state index in [-0.39, 0.29) is 17.6 Å². The molecule has 0 spiro atoms. The van der Waals surface area contributed by atoms with Crippen LogP contribution in [0.25, 0.3) is 0 Å². The molecule has 0 rings (SSSR count). The van der Waals surface area contributed by atoms with Crippen LogP contribution in [-0.2, 0) is 9.59 Å². The highest BCUT2D eigenvalue weighted by atomic mass is 16.2. The van der Waals surface area contributed by atoms with Crippen LogP contribution in [0.4, 0.5) is 0 Å². The maximum absolute atomic E-state index is 12.1. The highest BCUT2D eigenvalue weighted by Crippen LogP contribution is 1.97. The molecule has 0 aliphatic carbocycles. The van der Waals surface area contributed by atoms with Crippen molar-refractivity contribution < 1.29 is 9.59 Å². The lowest BCUT2D eigenvalue weighted by Gasteiger charge is -2.22. The molecule has 0 aliphatic heterocycles. The molecule has 0 unspecified atom stereocenters. The molecule has 116 valence electrons. The Bertz CT molecular complexity index is 325. The van der Waals surface area contributed by atoms with Crippen molar-refractivity contribution in [2.45, 2.75) is 33.7 Å². The first-order valence-corrected chi connectivity index (χ1v) is 7.27. The van der Waals surface area contributed by atoms with Crippen LogP contribution in [0.3, 0.4) is 0 Å². The molecule has 20 heavy (non-hydrogen) atoms. The van der Waals surface area contributed by atoms with Crippen molar-refractivity contribution in [2.24, 2.45) is 5.92 Å². The molecule has 1 amide bonds. The van der Waals surface area contributed by atoms with Crippen molar-refractivity contribution in [2.75, 3.05) is 33.2 Å². The molecule has 0 atom stereocenters. The summed E-state index contributed by atoms with van der Waals surface area (Å²) in [5.41, 5.74) is 0. The Kier molecular flexibility index (Phi) is 9.94. The summed E-state index contributed by atoms with van der Waals surface area (Å²) in [6, 6.07) is 0.398. The summed E-state index contributed by atoms with van der Waals surface area (Å²) in [4.78, 5) is 25.3. The van der Waals surface area contributed by atoms with E-state index in [1.165, 1.54) is 12.2 Å². The number of nitrogens with one attached hydrogen (secondary N) is 2. The predicted octanol–water partition coefficient (Wildman–Crippen LogP) is 0.814. The lowest BCUT2D eigenvalue weighted by Crippen LogP contribution is -2.40. The van der Waals surface area contributed by atoms with Gasteiger partial charge in [0, 0.05) is 44.2 Å². The minimum atomic E-state index is -0.111. The van der Waals surface area contributed by atoms with Crippen LogP contribution in [0.5, 0.6) is 0 Å². The van der Waals surface area contributed by atoms with E-state index >= 15 is 0 Å². The van der Waals surface area contributed by atoms with Crippen molar-refractivity contribution in [1.82, 2.24) is 15.5 Å². The molecule has 5 heteroatoms. The van der Waals surface area contributed by atoms with Crippen molar-refractivity contribution in [3.63, 3.8) is 0 Å². The van der Waals surface area contributed by atoms with E-state index in [9.17, 15) is 9.59 Å². The van der Waals surface area contributed by atoms with Crippen molar-refractivity contribution in [1.29, 1.82) is 0 Å². The quantitative estimate of drug-likeness (QED) is 0.583. The van der Waals surface area contributed by atoms with Crippen LogP contribution in [-0.4, -0.2) is 55.9 Å². The second-order valence-corrected chi connectivity index (χ2v) is 5.43. The van der Waals surface area contributed by atoms with Crippen LogP contribution in [0.1, 0.15) is 27.7 Å². The van der Waals surface area contributed by atoms with Gasteiger partial charge in [0.15, 0.2) is 5.78 Å². The molecule has 0 heterocycles. The van der Waals surface area contributed by atoms with Gasteiger partial charge in [0.05, 0.1) is 0 Å². The summed E-state index contributed by atoms with van der Waals surface area (Å²) in [7, 11) is 1.85. The average molecular weight is 283 g/mol. The third-order valence-electron chi connectivity index (χ3n) is 2.84. The standard InChI is InChI=1S/C15H29N3O2/c1-12(2)14(19)6-7-15(20)18(10-8-16-5)11-9-17-13(3)4/h6-7,12-13,16-17H,8-11H2,1-5H3/b7-6-. The zero-order valence-corrected chi connectivity index (χ0v) is 13.4. The number of rotatable bonds is 10. The molecule has 0 radical (unpaired) electrons. The second-order valence-electron chi connectivity index (χ2n) is 5.43. The van der Waals surface area contributed by atoms with Crippen LogP contribution < -0.4 is 10.6 Å². The first kappa shape index (κ1) is 18.8. The normalized spacial score (nSPS) is 11.6. The summed E-state index contributed by atoms with van der Waals surface area (Å²) in [6.07, 6.45) is 2.77. The number of amides is 1. The van der Waals surface area contributed by atoms with Gasteiger partial charge in [0.25, 0.3) is 0 Å².